The van der Waals surface area contributed by atoms with Gasteiger partial charge >= 0.3 is 0 Å². The summed E-state index contributed by atoms with van der Waals surface area (Å²) in [5.74, 6) is -0.0598. The van der Waals surface area contributed by atoms with Crippen LogP contribution >= 0.6 is 0 Å². The van der Waals surface area contributed by atoms with Crippen LogP contribution in [0.25, 0.3) is 0 Å². The molecular formula is C18H22N4O2. The number of aryl methyl sites for hydroxylation is 1. The van der Waals surface area contributed by atoms with Crippen molar-refractivity contribution in [2.24, 2.45) is 0 Å². The number of hydrogen-bond acceptors (Lipinski definition) is 3. The number of nitrogens with one attached hydrogen (secondary N) is 1. The summed E-state index contributed by atoms with van der Waals surface area (Å²) in [7, 11) is 1.79. The van der Waals surface area contributed by atoms with Gasteiger partial charge in [-0.15, -0.1) is 0 Å². The van der Waals surface area contributed by atoms with Crippen LogP contribution in [0.15, 0.2) is 36.7 Å². The van der Waals surface area contributed by atoms with Gasteiger partial charge in [0.25, 0.3) is 0 Å². The Balaban J connectivity index is 1.67. The number of amides is 2. The number of hydrogen-bond donors (Lipinski definition) is 1. The Kier molecular flexibility index (Phi) is 4.64. The van der Waals surface area contributed by atoms with Gasteiger partial charge in [0, 0.05) is 56.3 Å². The van der Waals surface area contributed by atoms with Crippen LogP contribution in [0, 0.1) is 0 Å². The Morgan fingerprint density at radius 2 is 2.21 bits per heavy atom. The molecule has 1 aromatic heterocycles. The highest BCUT2D eigenvalue weighted by Crippen LogP contribution is 2.34. The third kappa shape index (κ3) is 3.48. The normalized spacial score (nSPS) is 16.4. The molecule has 0 aliphatic carbocycles. The fourth-order valence-electron chi connectivity index (χ4n) is 3.07. The third-order valence-corrected chi connectivity index (χ3v) is 4.38. The molecule has 1 aromatic carbocycles. The van der Waals surface area contributed by atoms with Gasteiger partial charge in [0.15, 0.2) is 0 Å². The van der Waals surface area contributed by atoms with Crippen molar-refractivity contribution in [2.75, 3.05) is 12.4 Å². The van der Waals surface area contributed by atoms with Crippen LogP contribution in [0.3, 0.4) is 0 Å². The Bertz CT molecular complexity index is 753. The van der Waals surface area contributed by atoms with E-state index < -0.39 is 0 Å². The number of para-hydroxylation sites is 1. The van der Waals surface area contributed by atoms with Crippen LogP contribution in [0.1, 0.15) is 36.8 Å². The summed E-state index contributed by atoms with van der Waals surface area (Å²) in [5, 5.41) is 7.09. The van der Waals surface area contributed by atoms with Crippen LogP contribution in [0.2, 0.25) is 0 Å². The van der Waals surface area contributed by atoms with Crippen LogP contribution in [-0.4, -0.2) is 33.5 Å². The van der Waals surface area contributed by atoms with E-state index >= 15 is 0 Å². The minimum Gasteiger partial charge on any atom is -0.341 e. The molecule has 1 aliphatic heterocycles. The molecule has 0 bridgehead atoms. The van der Waals surface area contributed by atoms with Crippen LogP contribution in [-0.2, 0) is 22.7 Å². The van der Waals surface area contributed by atoms with Gasteiger partial charge in [-0.1, -0.05) is 18.2 Å². The van der Waals surface area contributed by atoms with Crippen LogP contribution in [0.5, 0.6) is 0 Å². The molecule has 1 unspecified atom stereocenters. The molecule has 2 heterocycles. The van der Waals surface area contributed by atoms with Crippen molar-refractivity contribution >= 4 is 17.5 Å². The molecule has 1 atom stereocenters. The molecule has 6 nitrogen and oxygen atoms in total. The number of aromatic nitrogens is 2. The summed E-state index contributed by atoms with van der Waals surface area (Å²) < 4.78 is 1.84. The molecular weight excluding hydrogens is 304 g/mol. The summed E-state index contributed by atoms with van der Waals surface area (Å²) in [6.07, 6.45) is 4.43. The fourth-order valence-corrected chi connectivity index (χ4v) is 3.07. The molecule has 2 aromatic rings. The first-order valence-electron chi connectivity index (χ1n) is 8.21. The van der Waals surface area contributed by atoms with Gasteiger partial charge in [0.2, 0.25) is 11.8 Å². The lowest BCUT2D eigenvalue weighted by Gasteiger charge is -2.26. The highest BCUT2D eigenvalue weighted by Gasteiger charge is 2.27. The van der Waals surface area contributed by atoms with Gasteiger partial charge in [-0.05, 0) is 18.6 Å². The topological polar surface area (TPSA) is 67.2 Å². The lowest BCUT2D eigenvalue weighted by atomic mass is 9.87. The lowest BCUT2D eigenvalue weighted by Crippen LogP contribution is -2.30. The number of carbonyl (C=O) groups is 2. The van der Waals surface area contributed by atoms with Gasteiger partial charge in [0.05, 0.1) is 6.20 Å². The Labute approximate surface area is 141 Å². The maximum Gasteiger partial charge on any atom is 0.225 e. The van der Waals surface area contributed by atoms with Crippen molar-refractivity contribution in [2.45, 2.75) is 38.8 Å². The predicted octanol–water partition coefficient (Wildman–Crippen LogP) is 2.38. The quantitative estimate of drug-likeness (QED) is 0.917. The molecule has 0 saturated heterocycles. The second-order valence-corrected chi connectivity index (χ2v) is 6.19. The summed E-state index contributed by atoms with van der Waals surface area (Å²) in [6.45, 7) is 3.36. The maximum absolute atomic E-state index is 12.6. The molecule has 24 heavy (non-hydrogen) atoms. The van der Waals surface area contributed by atoms with Crippen LogP contribution < -0.4 is 5.32 Å². The summed E-state index contributed by atoms with van der Waals surface area (Å²) in [6, 6.07) is 7.70. The number of rotatable bonds is 5. The first kappa shape index (κ1) is 16.2. The second kappa shape index (κ2) is 6.86. The zero-order valence-corrected chi connectivity index (χ0v) is 14.0. The zero-order chi connectivity index (χ0) is 17.1. The molecule has 3 rings (SSSR count). The fraction of sp³-hybridized carbons (Fsp3) is 0.389. The first-order chi connectivity index (χ1) is 11.6. The largest absolute Gasteiger partial charge is 0.341 e. The van der Waals surface area contributed by atoms with Crippen molar-refractivity contribution in [3.05, 3.63) is 47.8 Å². The van der Waals surface area contributed by atoms with E-state index in [-0.39, 0.29) is 17.7 Å². The average molecular weight is 326 g/mol. The van der Waals surface area contributed by atoms with E-state index in [1.165, 1.54) is 0 Å². The molecule has 0 saturated carbocycles. The van der Waals surface area contributed by atoms with E-state index in [0.717, 1.165) is 23.4 Å². The average Bonchev–Trinajstić information content (AvgIpc) is 3.02. The minimum atomic E-state index is -0.0664. The maximum atomic E-state index is 12.6. The molecule has 0 spiro atoms. The number of carbonyl (C=O) groups excluding carboxylic acids is 2. The number of nitrogens with zero attached hydrogens (tertiary/aromatic N) is 3. The highest BCUT2D eigenvalue weighted by molar-refractivity contribution is 5.95. The van der Waals surface area contributed by atoms with Crippen molar-refractivity contribution in [3.63, 3.8) is 0 Å². The molecule has 126 valence electrons. The number of benzene rings is 1. The van der Waals surface area contributed by atoms with Gasteiger partial charge in [0.1, 0.15) is 0 Å². The first-order valence-corrected chi connectivity index (χ1v) is 8.21. The minimum absolute atomic E-state index is 0.0293. The number of fused-ring (bicyclic) bond motifs is 1. The van der Waals surface area contributed by atoms with Crippen molar-refractivity contribution in [1.29, 1.82) is 0 Å². The summed E-state index contributed by atoms with van der Waals surface area (Å²) in [5.41, 5.74) is 2.87. The van der Waals surface area contributed by atoms with E-state index in [4.69, 9.17) is 0 Å². The Morgan fingerprint density at radius 1 is 1.42 bits per heavy atom. The standard InChI is InChI=1S/C18H22N4O2/c1-3-22-12-13(10-19-22)11-21(2)18(24)9-14-8-17(23)20-16-7-5-4-6-15(14)16/h4-7,10,12,14H,3,8-9,11H2,1-2H3,(H,20,23). The monoisotopic (exact) mass is 326 g/mol. The molecule has 1 aliphatic rings. The smallest absolute Gasteiger partial charge is 0.225 e. The van der Waals surface area contributed by atoms with E-state index in [1.807, 2.05) is 42.1 Å². The Hall–Kier alpha value is -2.63. The van der Waals surface area contributed by atoms with Gasteiger partial charge in [-0.25, -0.2) is 0 Å². The lowest BCUT2D eigenvalue weighted by molar-refractivity contribution is -0.131. The van der Waals surface area contributed by atoms with E-state index in [9.17, 15) is 9.59 Å². The predicted molar refractivity (Wildman–Crippen MR) is 91.4 cm³/mol. The molecule has 0 radical (unpaired) electrons. The van der Waals surface area contributed by atoms with E-state index in [1.54, 1.807) is 18.1 Å². The second-order valence-electron chi connectivity index (χ2n) is 6.19. The summed E-state index contributed by atoms with van der Waals surface area (Å²) >= 11 is 0. The summed E-state index contributed by atoms with van der Waals surface area (Å²) in [4.78, 5) is 26.1. The third-order valence-electron chi connectivity index (χ3n) is 4.38. The number of anilines is 1. The molecule has 0 fully saturated rings. The van der Waals surface area contributed by atoms with Crippen molar-refractivity contribution in [3.8, 4) is 0 Å². The SMILES string of the molecule is CCn1cc(CN(C)C(=O)CC2CC(=O)Nc3ccccc32)cn1. The van der Waals surface area contributed by atoms with Crippen molar-refractivity contribution < 1.29 is 9.59 Å². The van der Waals surface area contributed by atoms with Crippen molar-refractivity contribution in [1.82, 2.24) is 14.7 Å². The van der Waals surface area contributed by atoms with E-state index in [2.05, 4.69) is 10.4 Å². The van der Waals surface area contributed by atoms with Gasteiger partial charge in [-0.3, -0.25) is 14.3 Å². The molecule has 2 amide bonds. The Morgan fingerprint density at radius 3 is 2.96 bits per heavy atom. The van der Waals surface area contributed by atoms with E-state index in [0.29, 0.717) is 19.4 Å². The zero-order valence-electron chi connectivity index (χ0n) is 14.0. The van der Waals surface area contributed by atoms with Gasteiger partial charge in [-0.2, -0.15) is 5.10 Å². The van der Waals surface area contributed by atoms with Gasteiger partial charge < -0.3 is 10.2 Å². The highest BCUT2D eigenvalue weighted by atomic mass is 16.2. The van der Waals surface area contributed by atoms with Crippen LogP contribution in [0.4, 0.5) is 5.69 Å². The molecule has 6 heteroatoms. The molecule has 1 N–H and O–H groups in total.